The third-order valence-electron chi connectivity index (χ3n) is 0. The molecular formula is CH14CoN7O12. The van der Waals surface area contributed by atoms with E-state index in [0.717, 1.165) is 0 Å². The van der Waals surface area contributed by atoms with Gasteiger partial charge < -0.3 is 80.8 Å². The summed E-state index contributed by atoms with van der Waals surface area (Å²) in [5, 5.41) is 58.2. The quantitative estimate of drug-likeness (QED) is 0.242. The summed E-state index contributed by atoms with van der Waals surface area (Å²) in [6.45, 7) is 0. The van der Waals surface area contributed by atoms with Gasteiger partial charge in [0.2, 0.25) is 0 Å². The molecule has 0 saturated heterocycles. The Morgan fingerprint density at radius 2 is 0.619 bits per heavy atom. The summed E-state index contributed by atoms with van der Waals surface area (Å²) in [4.78, 5) is 33.3. The van der Waals surface area contributed by atoms with Gasteiger partial charge in [-0.1, -0.05) is 0 Å². The molecule has 0 atom stereocenters. The number of nitrogens with zero attached hydrogens (tertiary/aromatic N) is 3. The Labute approximate surface area is 125 Å². The van der Waals surface area contributed by atoms with Gasteiger partial charge in [0.25, 0.3) is 0 Å². The van der Waals surface area contributed by atoms with E-state index in [2.05, 4.69) is 0 Å². The van der Waals surface area contributed by atoms with Crippen molar-refractivity contribution in [3.8, 4) is 0 Å². The first-order valence-corrected chi connectivity index (χ1v) is 2.29. The second-order valence-corrected chi connectivity index (χ2v) is 0.953. The molecule has 0 aromatic heterocycles. The van der Waals surface area contributed by atoms with E-state index in [-0.39, 0.29) is 41.4 Å². The van der Waals surface area contributed by atoms with Crippen LogP contribution >= 0.6 is 0 Å². The minimum atomic E-state index is -1.83. The van der Waals surface area contributed by atoms with Crippen LogP contribution in [0.4, 0.5) is 4.79 Å². The second kappa shape index (κ2) is 53.3. The number of hydrogen-bond acceptors (Lipinski definition) is 14. The van der Waals surface area contributed by atoms with E-state index in [1.807, 2.05) is 0 Å². The molecule has 19 nitrogen and oxygen atoms in total. The summed E-state index contributed by atoms with van der Waals surface area (Å²) in [7, 11) is 0. The smallest absolute Gasteiger partial charge is 0.450 e. The maximum atomic E-state index is 8.56. The van der Waals surface area contributed by atoms with Crippen LogP contribution in [0.3, 0.4) is 0 Å². The van der Waals surface area contributed by atoms with Crippen molar-refractivity contribution < 1.29 is 47.0 Å². The van der Waals surface area contributed by atoms with Crippen molar-refractivity contribution in [2.24, 2.45) is 0 Å². The van der Waals surface area contributed by atoms with E-state index in [0.29, 0.717) is 0 Å². The Balaban J connectivity index is -0.0000000121. The van der Waals surface area contributed by atoms with E-state index in [4.69, 9.17) is 61.0 Å². The van der Waals surface area contributed by atoms with Crippen LogP contribution < -0.4 is 24.6 Å². The van der Waals surface area contributed by atoms with Gasteiger partial charge in [0.15, 0.2) is 0 Å². The van der Waals surface area contributed by atoms with Gasteiger partial charge in [0, 0.05) is 0 Å². The molecule has 0 fully saturated rings. The SMILES string of the molecule is N.N.N.N.O=C(O)O.O=[N+]([O-])[O-].O=[N+]([O-])[O-].O=[N+]([O-])[O-].[Co+3]. The molecule has 134 valence electrons. The van der Waals surface area contributed by atoms with E-state index in [1.54, 1.807) is 0 Å². The van der Waals surface area contributed by atoms with E-state index in [1.165, 1.54) is 0 Å². The first-order valence-electron chi connectivity index (χ1n) is 2.29. The number of carbonyl (C=O) groups is 1. The molecule has 0 heterocycles. The second-order valence-electron chi connectivity index (χ2n) is 0.953. The third-order valence-corrected chi connectivity index (χ3v) is 0. The van der Waals surface area contributed by atoms with Crippen molar-refractivity contribution in [3.05, 3.63) is 46.0 Å². The fourth-order valence-electron chi connectivity index (χ4n) is 0. The van der Waals surface area contributed by atoms with Crippen LogP contribution in [0, 0.1) is 46.0 Å². The Hall–Kier alpha value is -2.78. The zero-order chi connectivity index (χ0) is 14.3. The number of hydrogen-bond donors (Lipinski definition) is 6. The standard InChI is InChI=1S/CH2O3.Co.3NO3.4H3N/c2-1(3)4;;3*2-1(3)4;;;;/h(H2,2,3,4);;;;;4*1H3/q;+3;3*-1;;;;. The summed E-state index contributed by atoms with van der Waals surface area (Å²) in [6.07, 6.45) is -1.83. The van der Waals surface area contributed by atoms with Crippen molar-refractivity contribution >= 4 is 6.16 Å². The average Bonchev–Trinajstić information content (AvgIpc) is 1.76. The van der Waals surface area contributed by atoms with Crippen LogP contribution in [0.5, 0.6) is 0 Å². The Morgan fingerprint density at radius 1 is 0.619 bits per heavy atom. The van der Waals surface area contributed by atoms with Gasteiger partial charge in [-0.25, -0.2) is 4.79 Å². The van der Waals surface area contributed by atoms with Gasteiger partial charge >= 0.3 is 22.9 Å². The zero-order valence-corrected chi connectivity index (χ0v) is 11.0. The molecule has 0 rings (SSSR count). The molecule has 0 bridgehead atoms. The van der Waals surface area contributed by atoms with Crippen molar-refractivity contribution in [1.29, 1.82) is 0 Å². The molecule has 0 spiro atoms. The van der Waals surface area contributed by atoms with Crippen molar-refractivity contribution in [1.82, 2.24) is 24.6 Å². The van der Waals surface area contributed by atoms with Crippen LogP contribution in [-0.2, 0) is 16.8 Å². The molecule has 0 unspecified atom stereocenters. The molecule has 20 heteroatoms. The summed E-state index contributed by atoms with van der Waals surface area (Å²) in [5.41, 5.74) is 0. The monoisotopic (exact) mass is 375 g/mol. The van der Waals surface area contributed by atoms with Crippen LogP contribution in [0.15, 0.2) is 0 Å². The molecule has 21 heavy (non-hydrogen) atoms. The Kier molecular flexibility index (Phi) is 161. The Bertz CT molecular complexity index is 170. The van der Waals surface area contributed by atoms with Gasteiger partial charge in [0.1, 0.15) is 0 Å². The first-order chi connectivity index (χ1) is 6.93. The topological polar surface area (TPSA) is 396 Å². The minimum Gasteiger partial charge on any atom is -0.450 e. The van der Waals surface area contributed by atoms with E-state index < -0.39 is 21.4 Å². The molecule has 14 N–H and O–H groups in total. The largest absolute Gasteiger partial charge is 3.00 e. The maximum absolute atomic E-state index is 8.56. The fraction of sp³-hybridized carbons (Fsp3) is 0. The molecule has 0 aromatic rings. The van der Waals surface area contributed by atoms with Crippen molar-refractivity contribution in [2.45, 2.75) is 0 Å². The van der Waals surface area contributed by atoms with Crippen LogP contribution in [0.25, 0.3) is 0 Å². The summed E-state index contributed by atoms with van der Waals surface area (Å²) >= 11 is 0. The van der Waals surface area contributed by atoms with E-state index >= 15 is 0 Å². The maximum Gasteiger partial charge on any atom is 3.00 e. The summed E-state index contributed by atoms with van der Waals surface area (Å²) < 4.78 is 0. The number of carboxylic acid groups (broad SMARTS) is 2. The fourth-order valence-corrected chi connectivity index (χ4v) is 0. The Morgan fingerprint density at radius 3 is 0.619 bits per heavy atom. The molecule has 0 amide bonds. The summed E-state index contributed by atoms with van der Waals surface area (Å²) in [6, 6.07) is 0. The normalized spacial score (nSPS) is 4.57. The molecule has 0 saturated carbocycles. The summed E-state index contributed by atoms with van der Waals surface area (Å²) in [5.74, 6) is 0. The molecule has 0 radical (unpaired) electrons. The predicted octanol–water partition coefficient (Wildman–Crippen LogP) is 0.151. The number of rotatable bonds is 0. The van der Waals surface area contributed by atoms with Crippen LogP contribution in [0.1, 0.15) is 0 Å². The van der Waals surface area contributed by atoms with Crippen LogP contribution in [-0.4, -0.2) is 31.6 Å². The van der Waals surface area contributed by atoms with E-state index in [9.17, 15) is 0 Å². The molecule has 0 aromatic carbocycles. The van der Waals surface area contributed by atoms with Gasteiger partial charge in [-0.05, 0) is 0 Å². The molecule has 0 aliphatic rings. The zero-order valence-electron chi connectivity index (χ0n) is 9.98. The molecule has 0 aliphatic heterocycles. The van der Waals surface area contributed by atoms with Crippen molar-refractivity contribution in [3.63, 3.8) is 0 Å². The third kappa shape index (κ3) is 515. The minimum absolute atomic E-state index is 0. The van der Waals surface area contributed by atoms with Crippen LogP contribution in [0.2, 0.25) is 0 Å². The molecular weight excluding hydrogens is 361 g/mol. The van der Waals surface area contributed by atoms with Crippen molar-refractivity contribution in [2.75, 3.05) is 0 Å². The average molecular weight is 375 g/mol. The first kappa shape index (κ1) is 63.6. The molecule has 0 aliphatic carbocycles. The van der Waals surface area contributed by atoms with Gasteiger partial charge in [-0.15, -0.1) is 0 Å². The predicted molar refractivity (Wildman–Crippen MR) is 61.8 cm³/mol. The van der Waals surface area contributed by atoms with Gasteiger partial charge in [-0.2, -0.15) is 0 Å². The van der Waals surface area contributed by atoms with Gasteiger partial charge in [0.05, 0.1) is 15.3 Å². The van der Waals surface area contributed by atoms with Gasteiger partial charge in [-0.3, -0.25) is 0 Å².